The average molecular weight is 484 g/mol. The quantitative estimate of drug-likeness (QED) is 0.261. The number of para-hydroxylation sites is 1. The van der Waals surface area contributed by atoms with Crippen LogP contribution in [0.4, 0.5) is 5.69 Å². The predicted octanol–water partition coefficient (Wildman–Crippen LogP) is 2.90. The van der Waals surface area contributed by atoms with E-state index in [1.54, 1.807) is 13.4 Å². The van der Waals surface area contributed by atoms with Crippen molar-refractivity contribution in [3.05, 3.63) is 54.5 Å². The summed E-state index contributed by atoms with van der Waals surface area (Å²) in [7, 11) is 1.70. The number of aliphatic imine (C=N–C) groups is 1. The van der Waals surface area contributed by atoms with Gasteiger partial charge in [-0.1, -0.05) is 18.2 Å². The lowest BCUT2D eigenvalue weighted by atomic mass is 10.2. The number of hydrogen-bond acceptors (Lipinski definition) is 4. The van der Waals surface area contributed by atoms with Crippen LogP contribution in [0.1, 0.15) is 12.2 Å². The average Bonchev–Trinajstić information content (AvgIpc) is 3.34. The molecule has 6 nitrogen and oxygen atoms in total. The van der Waals surface area contributed by atoms with E-state index >= 15 is 0 Å². The summed E-state index contributed by atoms with van der Waals surface area (Å²) in [5, 5.41) is 6.97. The summed E-state index contributed by atoms with van der Waals surface area (Å²) < 4.78 is 10.5. The number of methoxy groups -OCH3 is 1. The lowest BCUT2D eigenvalue weighted by molar-refractivity contribution is 0.208. The highest BCUT2D eigenvalue weighted by molar-refractivity contribution is 14.0. The molecule has 2 N–H and O–H groups in total. The first kappa shape index (κ1) is 21.6. The molecular weight excluding hydrogens is 455 g/mol. The Kier molecular flexibility index (Phi) is 9.47. The summed E-state index contributed by atoms with van der Waals surface area (Å²) >= 11 is 0. The number of hydrogen-bond donors (Lipinski definition) is 2. The van der Waals surface area contributed by atoms with E-state index in [1.807, 2.05) is 12.1 Å². The molecule has 0 bridgehead atoms. The van der Waals surface area contributed by atoms with Gasteiger partial charge in [0.1, 0.15) is 5.76 Å². The minimum atomic E-state index is 0. The molecule has 0 radical (unpaired) electrons. The lowest BCUT2D eigenvalue weighted by Crippen LogP contribution is -2.45. The zero-order valence-electron chi connectivity index (χ0n) is 15.8. The first-order valence-corrected chi connectivity index (χ1v) is 9.21. The first-order valence-electron chi connectivity index (χ1n) is 9.21. The molecule has 2 aromatic rings. The zero-order valence-corrected chi connectivity index (χ0v) is 18.1. The summed E-state index contributed by atoms with van der Waals surface area (Å²) in [5.74, 6) is 1.82. The molecule has 1 aromatic heterocycles. The van der Waals surface area contributed by atoms with Gasteiger partial charge in [0.15, 0.2) is 5.96 Å². The molecule has 1 aliphatic heterocycles. The van der Waals surface area contributed by atoms with Crippen molar-refractivity contribution in [1.82, 2.24) is 10.6 Å². The van der Waals surface area contributed by atoms with Crippen molar-refractivity contribution in [2.45, 2.75) is 18.9 Å². The second kappa shape index (κ2) is 11.9. The number of guanidine groups is 1. The normalized spacial score (nSPS) is 16.9. The van der Waals surface area contributed by atoms with Gasteiger partial charge in [-0.2, -0.15) is 0 Å². The number of ether oxygens (including phenoxy) is 1. The van der Waals surface area contributed by atoms with Gasteiger partial charge in [-0.05, 0) is 30.7 Å². The fourth-order valence-corrected chi connectivity index (χ4v) is 3.11. The van der Waals surface area contributed by atoms with Crippen LogP contribution in [0.2, 0.25) is 0 Å². The van der Waals surface area contributed by atoms with Gasteiger partial charge < -0.3 is 24.7 Å². The minimum Gasteiger partial charge on any atom is -0.469 e. The molecular formula is C20H29IN4O2. The van der Waals surface area contributed by atoms with Crippen molar-refractivity contribution in [2.75, 3.05) is 44.8 Å². The van der Waals surface area contributed by atoms with Gasteiger partial charge in [0.2, 0.25) is 0 Å². The molecule has 7 heteroatoms. The molecule has 1 fully saturated rings. The van der Waals surface area contributed by atoms with Crippen molar-refractivity contribution in [3.8, 4) is 0 Å². The van der Waals surface area contributed by atoms with Crippen molar-refractivity contribution in [2.24, 2.45) is 4.99 Å². The summed E-state index contributed by atoms with van der Waals surface area (Å²) in [6, 6.07) is 14.8. The fraction of sp³-hybridized carbons (Fsp3) is 0.450. The number of halogens is 1. The number of nitrogens with zero attached hydrogens (tertiary/aromatic N) is 2. The van der Waals surface area contributed by atoms with Gasteiger partial charge in [0.25, 0.3) is 0 Å². The van der Waals surface area contributed by atoms with Crippen molar-refractivity contribution in [1.29, 1.82) is 0 Å². The molecule has 3 rings (SSSR count). The van der Waals surface area contributed by atoms with Crippen LogP contribution in [0.3, 0.4) is 0 Å². The highest BCUT2D eigenvalue weighted by atomic mass is 127. The first-order chi connectivity index (χ1) is 12.8. The maximum Gasteiger partial charge on any atom is 0.191 e. The molecule has 0 aliphatic carbocycles. The Bertz CT molecular complexity index is 664. The molecule has 0 saturated carbocycles. The van der Waals surface area contributed by atoms with E-state index in [9.17, 15) is 0 Å². The number of rotatable bonds is 8. The van der Waals surface area contributed by atoms with Crippen LogP contribution in [0.5, 0.6) is 0 Å². The molecule has 27 heavy (non-hydrogen) atoms. The minimum absolute atomic E-state index is 0. The highest BCUT2D eigenvalue weighted by Crippen LogP contribution is 2.19. The van der Waals surface area contributed by atoms with Crippen LogP contribution in [0.15, 0.2) is 58.1 Å². The number of furan rings is 1. The van der Waals surface area contributed by atoms with E-state index in [0.29, 0.717) is 19.2 Å². The molecule has 2 heterocycles. The number of nitrogens with one attached hydrogen (secondary N) is 2. The van der Waals surface area contributed by atoms with Gasteiger partial charge in [-0.15, -0.1) is 24.0 Å². The third kappa shape index (κ3) is 7.06. The maximum atomic E-state index is 5.38. The van der Waals surface area contributed by atoms with Crippen LogP contribution >= 0.6 is 24.0 Å². The topological polar surface area (TPSA) is 62.0 Å². The summed E-state index contributed by atoms with van der Waals surface area (Å²) in [4.78, 5) is 7.02. The molecule has 1 unspecified atom stereocenters. The fourth-order valence-electron chi connectivity index (χ4n) is 3.11. The van der Waals surface area contributed by atoms with E-state index in [2.05, 4.69) is 50.9 Å². The van der Waals surface area contributed by atoms with Crippen LogP contribution in [-0.4, -0.2) is 51.9 Å². The number of anilines is 1. The smallest absolute Gasteiger partial charge is 0.191 e. The largest absolute Gasteiger partial charge is 0.469 e. The molecule has 148 valence electrons. The molecule has 1 saturated heterocycles. The Labute approximate surface area is 178 Å². The molecule has 0 spiro atoms. The third-order valence-electron chi connectivity index (χ3n) is 4.46. The highest BCUT2D eigenvalue weighted by Gasteiger charge is 2.23. The Morgan fingerprint density at radius 3 is 2.85 bits per heavy atom. The van der Waals surface area contributed by atoms with E-state index in [1.165, 1.54) is 5.69 Å². The van der Waals surface area contributed by atoms with Gasteiger partial charge in [-0.25, -0.2) is 0 Å². The molecule has 0 amide bonds. The predicted molar refractivity (Wildman–Crippen MR) is 120 cm³/mol. The summed E-state index contributed by atoms with van der Waals surface area (Å²) in [5.41, 5.74) is 1.28. The van der Waals surface area contributed by atoms with Crippen molar-refractivity contribution >= 4 is 35.6 Å². The van der Waals surface area contributed by atoms with E-state index < -0.39 is 0 Å². The van der Waals surface area contributed by atoms with Gasteiger partial charge in [0.05, 0.1) is 19.4 Å². The van der Waals surface area contributed by atoms with E-state index in [4.69, 9.17) is 9.15 Å². The summed E-state index contributed by atoms with van der Waals surface area (Å²) in [6.45, 7) is 4.07. The number of benzene rings is 1. The second-order valence-electron chi connectivity index (χ2n) is 6.39. The monoisotopic (exact) mass is 484 g/mol. The standard InChI is InChI=1S/C20H28N4O2.HI/c1-25-15-12-22-20(21-11-9-19-8-5-14-26-19)23-17-10-13-24(16-17)18-6-3-2-4-7-18;/h2-8,14,17H,9-13,15-16H2,1H3,(H2,21,22,23);1H. The van der Waals surface area contributed by atoms with Gasteiger partial charge in [0, 0.05) is 44.9 Å². The summed E-state index contributed by atoms with van der Waals surface area (Å²) in [6.07, 6.45) is 3.63. The van der Waals surface area contributed by atoms with Gasteiger partial charge in [-0.3, -0.25) is 4.99 Å². The van der Waals surface area contributed by atoms with E-state index in [-0.39, 0.29) is 24.0 Å². The van der Waals surface area contributed by atoms with Crippen LogP contribution in [-0.2, 0) is 11.2 Å². The molecule has 1 aromatic carbocycles. The Hall–Kier alpha value is -1.74. The Morgan fingerprint density at radius 1 is 1.26 bits per heavy atom. The van der Waals surface area contributed by atoms with Crippen molar-refractivity contribution in [3.63, 3.8) is 0 Å². The maximum absolute atomic E-state index is 5.38. The lowest BCUT2D eigenvalue weighted by Gasteiger charge is -2.20. The third-order valence-corrected chi connectivity index (χ3v) is 4.46. The Balaban J connectivity index is 0.00000261. The molecule has 1 aliphatic rings. The SMILES string of the molecule is COCCN=C(NCCc1ccco1)NC1CCN(c2ccccc2)C1.I. The zero-order chi connectivity index (χ0) is 18.0. The van der Waals surface area contributed by atoms with E-state index in [0.717, 1.165) is 44.2 Å². The second-order valence-corrected chi connectivity index (χ2v) is 6.39. The van der Waals surface area contributed by atoms with Crippen molar-refractivity contribution < 1.29 is 9.15 Å². The van der Waals surface area contributed by atoms with Gasteiger partial charge >= 0.3 is 0 Å². The van der Waals surface area contributed by atoms with Crippen LogP contribution < -0.4 is 15.5 Å². The Morgan fingerprint density at radius 2 is 2.11 bits per heavy atom. The van der Waals surface area contributed by atoms with Crippen LogP contribution in [0.25, 0.3) is 0 Å². The van der Waals surface area contributed by atoms with Crippen LogP contribution in [0, 0.1) is 0 Å². The molecule has 1 atom stereocenters.